The van der Waals surface area contributed by atoms with Crippen LogP contribution in [0.2, 0.25) is 0 Å². The third kappa shape index (κ3) is 4.91. The fourth-order valence-electron chi connectivity index (χ4n) is 2.05. The zero-order valence-corrected chi connectivity index (χ0v) is 14.1. The Morgan fingerprint density at radius 2 is 1.36 bits per heavy atom. The summed E-state index contributed by atoms with van der Waals surface area (Å²) in [6.45, 7) is 2.29. The molecule has 2 aromatic rings. The van der Waals surface area contributed by atoms with Gasteiger partial charge in [0, 0.05) is 11.3 Å². The first-order valence-electron chi connectivity index (χ1n) is 7.82. The molecular formula is C19H19NO5. The van der Waals surface area contributed by atoms with Crippen molar-refractivity contribution in [3.05, 3.63) is 65.2 Å². The predicted molar refractivity (Wildman–Crippen MR) is 92.8 cm³/mol. The molecule has 0 radical (unpaired) electrons. The molecule has 0 bridgehead atoms. The number of hydrogen-bond acceptors (Lipinski definition) is 5. The Morgan fingerprint density at radius 1 is 0.840 bits per heavy atom. The summed E-state index contributed by atoms with van der Waals surface area (Å²) >= 11 is 0. The van der Waals surface area contributed by atoms with Gasteiger partial charge in [-0.05, 0) is 55.0 Å². The van der Waals surface area contributed by atoms with Gasteiger partial charge in [0.2, 0.25) is 0 Å². The molecule has 0 aliphatic carbocycles. The summed E-state index contributed by atoms with van der Waals surface area (Å²) in [5, 5.41) is 2.72. The summed E-state index contributed by atoms with van der Waals surface area (Å²) in [6.07, 6.45) is 0.759. The molecule has 0 aromatic heterocycles. The molecular weight excluding hydrogens is 322 g/mol. The Kier molecular flexibility index (Phi) is 6.28. The van der Waals surface area contributed by atoms with Crippen LogP contribution in [0.15, 0.2) is 48.5 Å². The second-order valence-electron chi connectivity index (χ2n) is 5.24. The zero-order valence-electron chi connectivity index (χ0n) is 14.1. The quantitative estimate of drug-likeness (QED) is 0.815. The molecule has 0 atom stereocenters. The molecule has 6 nitrogen and oxygen atoms in total. The Balaban J connectivity index is 2.00. The average molecular weight is 341 g/mol. The average Bonchev–Trinajstić information content (AvgIpc) is 2.66. The van der Waals surface area contributed by atoms with E-state index in [0.717, 1.165) is 6.42 Å². The fraction of sp³-hybridized carbons (Fsp3) is 0.211. The monoisotopic (exact) mass is 341 g/mol. The first kappa shape index (κ1) is 18.2. The van der Waals surface area contributed by atoms with Crippen LogP contribution < -0.4 is 5.32 Å². The van der Waals surface area contributed by atoms with Crippen molar-refractivity contribution in [3.63, 3.8) is 0 Å². The molecule has 130 valence electrons. The van der Waals surface area contributed by atoms with Crippen LogP contribution in [0.3, 0.4) is 0 Å². The summed E-state index contributed by atoms with van der Waals surface area (Å²) in [4.78, 5) is 35.3. The van der Waals surface area contributed by atoms with Gasteiger partial charge < -0.3 is 14.8 Å². The van der Waals surface area contributed by atoms with E-state index >= 15 is 0 Å². The molecule has 0 unspecified atom stereocenters. The van der Waals surface area contributed by atoms with Crippen molar-refractivity contribution >= 4 is 23.5 Å². The minimum Gasteiger partial charge on any atom is -0.465 e. The van der Waals surface area contributed by atoms with E-state index in [1.807, 2.05) is 6.92 Å². The van der Waals surface area contributed by atoms with Crippen molar-refractivity contribution in [2.24, 2.45) is 0 Å². The predicted octanol–water partition coefficient (Wildman–Crippen LogP) is 3.29. The topological polar surface area (TPSA) is 81.7 Å². The van der Waals surface area contributed by atoms with Gasteiger partial charge in [0.05, 0.1) is 24.8 Å². The Hall–Kier alpha value is -3.15. The molecule has 0 spiro atoms. The van der Waals surface area contributed by atoms with Gasteiger partial charge in [-0.2, -0.15) is 0 Å². The molecule has 0 aliphatic rings. The van der Waals surface area contributed by atoms with Gasteiger partial charge >= 0.3 is 11.9 Å². The second kappa shape index (κ2) is 8.63. The highest BCUT2D eigenvalue weighted by Gasteiger charge is 2.10. The van der Waals surface area contributed by atoms with Gasteiger partial charge in [0.25, 0.3) is 5.91 Å². The van der Waals surface area contributed by atoms with E-state index in [-0.39, 0.29) is 5.91 Å². The molecule has 2 aromatic carbocycles. The van der Waals surface area contributed by atoms with E-state index in [2.05, 4.69) is 10.1 Å². The summed E-state index contributed by atoms with van der Waals surface area (Å²) in [5.41, 5.74) is 1.75. The molecule has 0 aliphatic heterocycles. The van der Waals surface area contributed by atoms with Crippen molar-refractivity contribution in [1.29, 1.82) is 0 Å². The number of ether oxygens (including phenoxy) is 2. The van der Waals surface area contributed by atoms with E-state index in [0.29, 0.717) is 29.0 Å². The molecule has 1 N–H and O–H groups in total. The van der Waals surface area contributed by atoms with Crippen LogP contribution in [0.4, 0.5) is 5.69 Å². The van der Waals surface area contributed by atoms with Crippen molar-refractivity contribution in [2.45, 2.75) is 13.3 Å². The van der Waals surface area contributed by atoms with Gasteiger partial charge in [-0.1, -0.05) is 6.92 Å². The Bertz CT molecular complexity index is 750. The largest absolute Gasteiger partial charge is 0.465 e. The molecule has 0 heterocycles. The van der Waals surface area contributed by atoms with Crippen LogP contribution in [0.1, 0.15) is 44.4 Å². The lowest BCUT2D eigenvalue weighted by molar-refractivity contribution is 0.0504. The standard InChI is InChI=1S/C19H19NO5/c1-3-12-25-19(23)15-8-10-16(11-9-15)20-17(21)13-4-6-14(7-5-13)18(22)24-2/h4-11H,3,12H2,1-2H3,(H,20,21). The smallest absolute Gasteiger partial charge is 0.338 e. The van der Waals surface area contributed by atoms with Crippen molar-refractivity contribution < 1.29 is 23.9 Å². The summed E-state index contributed by atoms with van der Waals surface area (Å²) in [6, 6.07) is 12.6. The first-order valence-corrected chi connectivity index (χ1v) is 7.82. The van der Waals surface area contributed by atoms with Gasteiger partial charge in [-0.25, -0.2) is 9.59 Å². The highest BCUT2D eigenvalue weighted by molar-refractivity contribution is 6.05. The van der Waals surface area contributed by atoms with Crippen molar-refractivity contribution in [3.8, 4) is 0 Å². The normalized spacial score (nSPS) is 10.0. The second-order valence-corrected chi connectivity index (χ2v) is 5.24. The third-order valence-electron chi connectivity index (χ3n) is 3.38. The van der Waals surface area contributed by atoms with Gasteiger partial charge in [-0.3, -0.25) is 4.79 Å². The lowest BCUT2D eigenvalue weighted by Crippen LogP contribution is -2.12. The maximum atomic E-state index is 12.2. The van der Waals surface area contributed by atoms with Crippen LogP contribution >= 0.6 is 0 Å². The molecule has 6 heteroatoms. The molecule has 0 saturated carbocycles. The summed E-state index contributed by atoms with van der Waals surface area (Å²) in [7, 11) is 1.30. The van der Waals surface area contributed by atoms with Gasteiger partial charge in [-0.15, -0.1) is 0 Å². The number of carbonyl (C=O) groups excluding carboxylic acids is 3. The molecule has 0 saturated heterocycles. The lowest BCUT2D eigenvalue weighted by Gasteiger charge is -2.07. The lowest BCUT2D eigenvalue weighted by atomic mass is 10.1. The van der Waals surface area contributed by atoms with Crippen molar-refractivity contribution in [1.82, 2.24) is 0 Å². The number of nitrogens with one attached hydrogen (secondary N) is 1. The number of esters is 2. The van der Waals surface area contributed by atoms with E-state index in [4.69, 9.17) is 4.74 Å². The van der Waals surface area contributed by atoms with Crippen molar-refractivity contribution in [2.75, 3.05) is 19.0 Å². The number of rotatable bonds is 6. The van der Waals surface area contributed by atoms with Crippen LogP contribution in [0, 0.1) is 0 Å². The molecule has 0 fully saturated rings. The van der Waals surface area contributed by atoms with Crippen LogP contribution in [-0.2, 0) is 9.47 Å². The van der Waals surface area contributed by atoms with Crippen LogP contribution in [0.25, 0.3) is 0 Å². The van der Waals surface area contributed by atoms with Gasteiger partial charge in [0.15, 0.2) is 0 Å². The third-order valence-corrected chi connectivity index (χ3v) is 3.38. The van der Waals surface area contributed by atoms with Crippen LogP contribution in [0.5, 0.6) is 0 Å². The zero-order chi connectivity index (χ0) is 18.2. The minimum atomic E-state index is -0.461. The highest BCUT2D eigenvalue weighted by Crippen LogP contribution is 2.13. The molecule has 2 rings (SSSR count). The minimum absolute atomic E-state index is 0.322. The summed E-state index contributed by atoms with van der Waals surface area (Å²) in [5.74, 6) is -1.17. The number of methoxy groups -OCH3 is 1. The maximum Gasteiger partial charge on any atom is 0.338 e. The number of hydrogen-bond donors (Lipinski definition) is 1. The van der Waals surface area contributed by atoms with E-state index in [1.165, 1.54) is 31.4 Å². The maximum absolute atomic E-state index is 12.2. The molecule has 1 amide bonds. The fourth-order valence-corrected chi connectivity index (χ4v) is 2.05. The number of carbonyl (C=O) groups is 3. The summed E-state index contributed by atoms with van der Waals surface area (Å²) < 4.78 is 9.65. The number of amides is 1. The van der Waals surface area contributed by atoms with E-state index < -0.39 is 11.9 Å². The van der Waals surface area contributed by atoms with E-state index in [1.54, 1.807) is 24.3 Å². The SMILES string of the molecule is CCCOC(=O)c1ccc(NC(=O)c2ccc(C(=O)OC)cc2)cc1. The number of anilines is 1. The van der Waals surface area contributed by atoms with Crippen LogP contribution in [-0.4, -0.2) is 31.6 Å². The first-order chi connectivity index (χ1) is 12.0. The highest BCUT2D eigenvalue weighted by atomic mass is 16.5. The Morgan fingerprint density at radius 3 is 1.92 bits per heavy atom. The molecule has 25 heavy (non-hydrogen) atoms. The number of benzene rings is 2. The van der Waals surface area contributed by atoms with Gasteiger partial charge in [0.1, 0.15) is 0 Å². The Labute approximate surface area is 145 Å². The van der Waals surface area contributed by atoms with E-state index in [9.17, 15) is 14.4 Å².